The molecule has 1 aliphatic rings. The van der Waals surface area contributed by atoms with Crippen LogP contribution in [0.2, 0.25) is 0 Å². The van der Waals surface area contributed by atoms with Gasteiger partial charge in [0.15, 0.2) is 0 Å². The standard InChI is InChI=1S/C21H24N7/c1-3-28(2,21-16-6-4-5-7-18(16)23-13-26-21)15-9-11-27(12-15)20-17-8-10-22-19(17)24-14-25-20/h4-8,10,13-15H,3,9,11-12H2,1-2H3,(H,22,24,25)/q+1. The van der Waals surface area contributed by atoms with Crippen molar-refractivity contribution in [1.82, 2.24) is 29.4 Å². The Bertz CT molecular complexity index is 1130. The molecule has 0 saturated carbocycles. The number of rotatable bonds is 4. The molecule has 4 aromatic rings. The molecule has 2 atom stereocenters. The van der Waals surface area contributed by atoms with Crippen LogP contribution >= 0.6 is 0 Å². The fourth-order valence-electron chi connectivity index (χ4n) is 4.49. The van der Waals surface area contributed by atoms with Crippen LogP contribution in [0.15, 0.2) is 49.2 Å². The van der Waals surface area contributed by atoms with Gasteiger partial charge in [-0.15, -0.1) is 0 Å². The summed E-state index contributed by atoms with van der Waals surface area (Å²) in [6.07, 6.45) is 6.37. The fourth-order valence-corrected chi connectivity index (χ4v) is 4.49. The molecule has 3 aromatic heterocycles. The van der Waals surface area contributed by atoms with E-state index in [-0.39, 0.29) is 0 Å². The van der Waals surface area contributed by atoms with E-state index < -0.39 is 0 Å². The van der Waals surface area contributed by atoms with E-state index in [4.69, 9.17) is 4.98 Å². The second kappa shape index (κ2) is 6.53. The van der Waals surface area contributed by atoms with Crippen molar-refractivity contribution >= 4 is 33.6 Å². The Morgan fingerprint density at radius 1 is 1.07 bits per heavy atom. The van der Waals surface area contributed by atoms with Gasteiger partial charge in [-0.3, -0.25) is 4.48 Å². The highest BCUT2D eigenvalue weighted by molar-refractivity contribution is 5.89. The maximum atomic E-state index is 4.75. The molecule has 5 rings (SSSR count). The Labute approximate surface area is 163 Å². The van der Waals surface area contributed by atoms with Gasteiger partial charge in [0.1, 0.15) is 30.2 Å². The summed E-state index contributed by atoms with van der Waals surface area (Å²) < 4.78 is 0.793. The number of likely N-dealkylation sites (N-methyl/N-ethyl adjacent to an activating group) is 1. The number of hydrogen-bond donors (Lipinski definition) is 1. The SMILES string of the molecule is CC[N+](C)(c1ncnc2ccccc12)C1CCN(c2ncnc3[nH]ccc23)C1. The normalized spacial score (nSPS) is 19.4. The minimum absolute atomic E-state index is 0.437. The number of nitrogens with zero attached hydrogens (tertiary/aromatic N) is 6. The monoisotopic (exact) mass is 374 g/mol. The van der Waals surface area contributed by atoms with Crippen LogP contribution in [0.1, 0.15) is 13.3 Å². The molecule has 7 heteroatoms. The number of aromatic nitrogens is 5. The molecule has 7 nitrogen and oxygen atoms in total. The highest BCUT2D eigenvalue weighted by Crippen LogP contribution is 2.34. The minimum Gasteiger partial charge on any atom is -0.350 e. The van der Waals surface area contributed by atoms with Crippen molar-refractivity contribution in [3.63, 3.8) is 0 Å². The maximum Gasteiger partial charge on any atom is 0.238 e. The first kappa shape index (κ1) is 17.1. The first-order valence-corrected chi connectivity index (χ1v) is 9.79. The lowest BCUT2D eigenvalue weighted by Gasteiger charge is -2.38. The van der Waals surface area contributed by atoms with Gasteiger partial charge in [0, 0.05) is 19.2 Å². The van der Waals surface area contributed by atoms with E-state index >= 15 is 0 Å². The first-order chi connectivity index (χ1) is 13.7. The number of H-pyrrole nitrogens is 1. The third-order valence-electron chi connectivity index (χ3n) is 6.26. The summed E-state index contributed by atoms with van der Waals surface area (Å²) >= 11 is 0. The molecule has 0 bridgehead atoms. The molecule has 1 saturated heterocycles. The molecular weight excluding hydrogens is 350 g/mol. The van der Waals surface area contributed by atoms with E-state index in [2.05, 4.69) is 63.1 Å². The van der Waals surface area contributed by atoms with Crippen LogP contribution in [-0.2, 0) is 0 Å². The van der Waals surface area contributed by atoms with Gasteiger partial charge in [-0.1, -0.05) is 12.1 Å². The van der Waals surface area contributed by atoms with E-state index in [0.717, 1.165) is 64.1 Å². The molecular formula is C21H24N7+. The van der Waals surface area contributed by atoms with Crippen molar-refractivity contribution in [2.75, 3.05) is 31.6 Å². The van der Waals surface area contributed by atoms with Gasteiger partial charge >= 0.3 is 0 Å². The molecule has 0 aliphatic carbocycles. The molecule has 1 fully saturated rings. The van der Waals surface area contributed by atoms with Crippen molar-refractivity contribution in [3.8, 4) is 0 Å². The molecule has 28 heavy (non-hydrogen) atoms. The van der Waals surface area contributed by atoms with Crippen LogP contribution in [0.25, 0.3) is 21.9 Å². The van der Waals surface area contributed by atoms with E-state index in [1.54, 1.807) is 12.7 Å². The number of quaternary nitrogens is 1. The van der Waals surface area contributed by atoms with Gasteiger partial charge in [-0.25, -0.2) is 15.0 Å². The summed E-state index contributed by atoms with van der Waals surface area (Å²) in [4.78, 5) is 23.7. The molecule has 2 unspecified atom stereocenters. The van der Waals surface area contributed by atoms with Crippen LogP contribution in [-0.4, -0.2) is 57.6 Å². The predicted octanol–water partition coefficient (Wildman–Crippen LogP) is 3.14. The second-order valence-electron chi connectivity index (χ2n) is 7.62. The molecule has 4 heterocycles. The predicted molar refractivity (Wildman–Crippen MR) is 112 cm³/mol. The lowest BCUT2D eigenvalue weighted by molar-refractivity contribution is 0.265. The topological polar surface area (TPSA) is 70.6 Å². The van der Waals surface area contributed by atoms with Gasteiger partial charge in [0.05, 0.1) is 36.4 Å². The Kier molecular flexibility index (Phi) is 3.98. The average Bonchev–Trinajstić information content (AvgIpc) is 3.42. The van der Waals surface area contributed by atoms with Crippen molar-refractivity contribution < 1.29 is 0 Å². The Balaban J connectivity index is 1.52. The summed E-state index contributed by atoms with van der Waals surface area (Å²) in [5.74, 6) is 2.12. The number of para-hydroxylation sites is 1. The van der Waals surface area contributed by atoms with Gasteiger partial charge in [0.25, 0.3) is 0 Å². The Morgan fingerprint density at radius 3 is 2.82 bits per heavy atom. The lowest BCUT2D eigenvalue weighted by atomic mass is 10.1. The molecule has 1 aromatic carbocycles. The summed E-state index contributed by atoms with van der Waals surface area (Å²) in [6, 6.07) is 10.8. The van der Waals surface area contributed by atoms with E-state index in [0.29, 0.717) is 6.04 Å². The third kappa shape index (κ3) is 2.54. The van der Waals surface area contributed by atoms with Crippen LogP contribution in [0.3, 0.4) is 0 Å². The Morgan fingerprint density at radius 2 is 1.93 bits per heavy atom. The second-order valence-corrected chi connectivity index (χ2v) is 7.62. The zero-order valence-corrected chi connectivity index (χ0v) is 16.2. The van der Waals surface area contributed by atoms with Crippen molar-refractivity contribution in [2.24, 2.45) is 0 Å². The molecule has 0 amide bonds. The summed E-state index contributed by atoms with van der Waals surface area (Å²) in [6.45, 7) is 5.15. The maximum absolute atomic E-state index is 4.75. The highest BCUT2D eigenvalue weighted by atomic mass is 15.4. The van der Waals surface area contributed by atoms with Gasteiger partial charge in [0.2, 0.25) is 5.82 Å². The number of hydrogen-bond acceptors (Lipinski definition) is 5. The summed E-state index contributed by atoms with van der Waals surface area (Å²) in [5, 5.41) is 2.23. The van der Waals surface area contributed by atoms with Gasteiger partial charge < -0.3 is 9.88 Å². The zero-order valence-electron chi connectivity index (χ0n) is 16.2. The molecule has 0 spiro atoms. The van der Waals surface area contributed by atoms with Crippen LogP contribution in [0, 0.1) is 0 Å². The van der Waals surface area contributed by atoms with Crippen molar-refractivity contribution in [3.05, 3.63) is 49.2 Å². The minimum atomic E-state index is 0.437. The largest absolute Gasteiger partial charge is 0.350 e. The smallest absolute Gasteiger partial charge is 0.238 e. The summed E-state index contributed by atoms with van der Waals surface area (Å²) in [5.41, 5.74) is 1.90. The average molecular weight is 374 g/mol. The Hall–Kier alpha value is -3.06. The van der Waals surface area contributed by atoms with Crippen molar-refractivity contribution in [1.29, 1.82) is 0 Å². The summed E-state index contributed by atoms with van der Waals surface area (Å²) in [7, 11) is 2.30. The van der Waals surface area contributed by atoms with Crippen LogP contribution < -0.4 is 9.38 Å². The van der Waals surface area contributed by atoms with Gasteiger partial charge in [-0.2, -0.15) is 4.98 Å². The van der Waals surface area contributed by atoms with E-state index in [1.165, 1.54) is 0 Å². The number of benzene rings is 1. The number of nitrogens with one attached hydrogen (secondary N) is 1. The highest BCUT2D eigenvalue weighted by Gasteiger charge is 2.41. The van der Waals surface area contributed by atoms with Crippen LogP contribution in [0.4, 0.5) is 11.6 Å². The molecule has 142 valence electrons. The number of aromatic amines is 1. The lowest BCUT2D eigenvalue weighted by Crippen LogP contribution is -2.55. The fraction of sp³-hybridized carbons (Fsp3) is 0.333. The van der Waals surface area contributed by atoms with Gasteiger partial charge in [-0.05, 0) is 25.1 Å². The third-order valence-corrected chi connectivity index (χ3v) is 6.26. The van der Waals surface area contributed by atoms with Crippen LogP contribution in [0.5, 0.6) is 0 Å². The van der Waals surface area contributed by atoms with E-state index in [1.807, 2.05) is 12.3 Å². The molecule has 1 N–H and O–H groups in total. The number of anilines is 1. The molecule has 1 aliphatic heterocycles. The molecule has 0 radical (unpaired) electrons. The van der Waals surface area contributed by atoms with E-state index in [9.17, 15) is 0 Å². The first-order valence-electron chi connectivity index (χ1n) is 9.79. The van der Waals surface area contributed by atoms with Crippen molar-refractivity contribution in [2.45, 2.75) is 19.4 Å². The number of fused-ring (bicyclic) bond motifs is 2. The zero-order chi connectivity index (χ0) is 19.1. The quantitative estimate of drug-likeness (QED) is 0.556.